The molecule has 6 nitrogen and oxygen atoms in total. The average Bonchev–Trinajstić information content (AvgIpc) is 2.87. The molecule has 0 saturated heterocycles. The monoisotopic (exact) mass is 452 g/mol. The molecular formula is C28H28N4O2. The van der Waals surface area contributed by atoms with E-state index in [1.807, 2.05) is 61.7 Å². The van der Waals surface area contributed by atoms with Gasteiger partial charge in [-0.25, -0.2) is 4.98 Å². The number of rotatable bonds is 8. The van der Waals surface area contributed by atoms with Crippen molar-refractivity contribution < 1.29 is 9.53 Å². The summed E-state index contributed by atoms with van der Waals surface area (Å²) in [5.41, 5.74) is 6.12. The van der Waals surface area contributed by atoms with Crippen LogP contribution >= 0.6 is 0 Å². The van der Waals surface area contributed by atoms with Crippen molar-refractivity contribution in [1.29, 1.82) is 0 Å². The second kappa shape index (κ2) is 10.7. The minimum atomic E-state index is -0.168. The van der Waals surface area contributed by atoms with Gasteiger partial charge in [0.1, 0.15) is 5.75 Å². The highest BCUT2D eigenvalue weighted by Crippen LogP contribution is 2.27. The molecule has 34 heavy (non-hydrogen) atoms. The molecule has 4 aromatic rings. The molecular weight excluding hydrogens is 424 g/mol. The zero-order valence-electron chi connectivity index (χ0n) is 19.7. The molecule has 0 unspecified atom stereocenters. The lowest BCUT2D eigenvalue weighted by atomic mass is 9.91. The number of aromatic nitrogens is 3. The molecule has 0 aliphatic rings. The molecule has 1 amide bonds. The standard InChI is InChI=1S/C28H28N4O2/c1-4-20(12-25-17-30-18-27(31-25)22-8-6-10-26(14-22)34-3)21-7-5-9-24(13-21)32-28(33)23-11-19(2)15-29-16-23/h5-11,13-18,20H,4,12H2,1-3H3,(H,32,33)/t20-/m1/s1. The summed E-state index contributed by atoms with van der Waals surface area (Å²) < 4.78 is 5.34. The van der Waals surface area contributed by atoms with Crippen LogP contribution in [0, 0.1) is 6.92 Å². The number of nitrogens with zero attached hydrogens (tertiary/aromatic N) is 3. The lowest BCUT2D eigenvalue weighted by molar-refractivity contribution is 0.102. The topological polar surface area (TPSA) is 77.0 Å². The second-order valence-electron chi connectivity index (χ2n) is 8.27. The molecule has 0 spiro atoms. The Kier molecular flexibility index (Phi) is 7.28. The number of nitrogens with one attached hydrogen (secondary N) is 1. The third-order valence-electron chi connectivity index (χ3n) is 5.75. The van der Waals surface area contributed by atoms with E-state index in [4.69, 9.17) is 9.72 Å². The lowest BCUT2D eigenvalue weighted by Crippen LogP contribution is -2.13. The number of aryl methyl sites for hydroxylation is 1. The van der Waals surface area contributed by atoms with E-state index in [2.05, 4.69) is 28.3 Å². The Hall–Kier alpha value is -4.06. The molecule has 0 aliphatic heterocycles. The highest BCUT2D eigenvalue weighted by Gasteiger charge is 2.14. The van der Waals surface area contributed by atoms with Gasteiger partial charge in [-0.3, -0.25) is 14.8 Å². The number of hydrogen-bond acceptors (Lipinski definition) is 5. The van der Waals surface area contributed by atoms with Crippen molar-refractivity contribution in [3.05, 3.63) is 102 Å². The molecule has 0 saturated carbocycles. The molecule has 2 aromatic heterocycles. The van der Waals surface area contributed by atoms with Crippen LogP contribution in [0.15, 0.2) is 79.4 Å². The Balaban J connectivity index is 1.51. The zero-order valence-corrected chi connectivity index (χ0v) is 19.7. The SMILES string of the molecule is CC[C@H](Cc1cncc(-c2cccc(OC)c2)n1)c1cccc(NC(=O)c2cncc(C)c2)c1. The predicted molar refractivity (Wildman–Crippen MR) is 134 cm³/mol. The number of ether oxygens (including phenoxy) is 1. The van der Waals surface area contributed by atoms with E-state index in [0.29, 0.717) is 5.56 Å². The summed E-state index contributed by atoms with van der Waals surface area (Å²) >= 11 is 0. The maximum absolute atomic E-state index is 12.6. The van der Waals surface area contributed by atoms with Crippen molar-refractivity contribution in [2.75, 3.05) is 12.4 Å². The highest BCUT2D eigenvalue weighted by atomic mass is 16.5. The van der Waals surface area contributed by atoms with E-state index in [0.717, 1.165) is 52.4 Å². The van der Waals surface area contributed by atoms with E-state index >= 15 is 0 Å². The highest BCUT2D eigenvalue weighted by molar-refractivity contribution is 6.04. The molecule has 2 aromatic carbocycles. The maximum atomic E-state index is 12.6. The van der Waals surface area contributed by atoms with Gasteiger partial charge in [-0.1, -0.05) is 31.2 Å². The van der Waals surface area contributed by atoms with Crippen LogP contribution in [0.25, 0.3) is 11.3 Å². The Morgan fingerprint density at radius 2 is 1.82 bits per heavy atom. The van der Waals surface area contributed by atoms with Gasteiger partial charge < -0.3 is 10.1 Å². The van der Waals surface area contributed by atoms with Gasteiger partial charge >= 0.3 is 0 Å². The number of carbonyl (C=O) groups excluding carboxylic acids is 1. The normalized spacial score (nSPS) is 11.6. The minimum absolute atomic E-state index is 0.168. The van der Waals surface area contributed by atoms with Crippen molar-refractivity contribution in [3.8, 4) is 17.0 Å². The van der Waals surface area contributed by atoms with Gasteiger partial charge in [0.2, 0.25) is 0 Å². The van der Waals surface area contributed by atoms with Crippen LogP contribution in [-0.4, -0.2) is 28.0 Å². The van der Waals surface area contributed by atoms with Gasteiger partial charge in [0, 0.05) is 29.8 Å². The summed E-state index contributed by atoms with van der Waals surface area (Å²) in [6.45, 7) is 4.08. The van der Waals surface area contributed by atoms with E-state index < -0.39 is 0 Å². The molecule has 0 radical (unpaired) electrons. The summed E-state index contributed by atoms with van der Waals surface area (Å²) in [5.74, 6) is 0.863. The fraction of sp³-hybridized carbons (Fsp3) is 0.214. The van der Waals surface area contributed by atoms with E-state index in [1.54, 1.807) is 25.7 Å². The number of anilines is 1. The van der Waals surface area contributed by atoms with Crippen LogP contribution in [-0.2, 0) is 6.42 Å². The third-order valence-corrected chi connectivity index (χ3v) is 5.75. The number of methoxy groups -OCH3 is 1. The molecule has 1 atom stereocenters. The number of benzene rings is 2. The summed E-state index contributed by atoms with van der Waals surface area (Å²) in [5, 5.41) is 2.99. The van der Waals surface area contributed by atoms with Gasteiger partial charge in [0.05, 0.1) is 30.3 Å². The van der Waals surface area contributed by atoms with Crippen molar-refractivity contribution >= 4 is 11.6 Å². The first kappa shape index (κ1) is 23.1. The summed E-state index contributed by atoms with van der Waals surface area (Å²) in [4.78, 5) is 26.0. The molecule has 172 valence electrons. The lowest BCUT2D eigenvalue weighted by Gasteiger charge is -2.17. The van der Waals surface area contributed by atoms with Crippen molar-refractivity contribution in [3.63, 3.8) is 0 Å². The van der Waals surface area contributed by atoms with Gasteiger partial charge in [-0.05, 0) is 67.1 Å². The molecule has 2 heterocycles. The molecule has 0 bridgehead atoms. The molecule has 4 rings (SSSR count). The van der Waals surface area contributed by atoms with Gasteiger partial charge in [0.15, 0.2) is 0 Å². The van der Waals surface area contributed by atoms with Crippen LogP contribution in [0.4, 0.5) is 5.69 Å². The van der Waals surface area contributed by atoms with Gasteiger partial charge in [-0.2, -0.15) is 0 Å². The Labute approximate surface area is 200 Å². The first-order valence-corrected chi connectivity index (χ1v) is 11.3. The minimum Gasteiger partial charge on any atom is -0.497 e. The van der Waals surface area contributed by atoms with Crippen molar-refractivity contribution in [1.82, 2.24) is 15.0 Å². The van der Waals surface area contributed by atoms with E-state index in [9.17, 15) is 4.79 Å². The van der Waals surface area contributed by atoms with Gasteiger partial charge in [-0.15, -0.1) is 0 Å². The largest absolute Gasteiger partial charge is 0.497 e. The second-order valence-corrected chi connectivity index (χ2v) is 8.27. The number of pyridine rings is 1. The first-order chi connectivity index (χ1) is 16.6. The summed E-state index contributed by atoms with van der Waals surface area (Å²) in [6.07, 6.45) is 8.59. The molecule has 6 heteroatoms. The molecule has 0 aliphatic carbocycles. The quantitative estimate of drug-likeness (QED) is 0.363. The first-order valence-electron chi connectivity index (χ1n) is 11.3. The molecule has 0 fully saturated rings. The fourth-order valence-electron chi connectivity index (χ4n) is 3.93. The van der Waals surface area contributed by atoms with Crippen LogP contribution in [0.2, 0.25) is 0 Å². The van der Waals surface area contributed by atoms with Crippen LogP contribution < -0.4 is 10.1 Å². The predicted octanol–water partition coefficient (Wildman–Crippen LogP) is 5.84. The third kappa shape index (κ3) is 5.64. The Morgan fingerprint density at radius 3 is 2.62 bits per heavy atom. The van der Waals surface area contributed by atoms with Crippen molar-refractivity contribution in [2.45, 2.75) is 32.6 Å². The average molecular weight is 453 g/mol. The summed E-state index contributed by atoms with van der Waals surface area (Å²) in [6, 6.07) is 17.7. The summed E-state index contributed by atoms with van der Waals surface area (Å²) in [7, 11) is 1.65. The van der Waals surface area contributed by atoms with Crippen LogP contribution in [0.1, 0.15) is 46.4 Å². The van der Waals surface area contributed by atoms with Crippen molar-refractivity contribution in [2.24, 2.45) is 0 Å². The zero-order chi connectivity index (χ0) is 23.9. The Bertz CT molecular complexity index is 1290. The smallest absolute Gasteiger partial charge is 0.257 e. The van der Waals surface area contributed by atoms with E-state index in [1.165, 1.54) is 0 Å². The number of carbonyl (C=O) groups is 1. The number of amides is 1. The van der Waals surface area contributed by atoms with Gasteiger partial charge in [0.25, 0.3) is 5.91 Å². The van der Waals surface area contributed by atoms with Crippen LogP contribution in [0.3, 0.4) is 0 Å². The fourth-order valence-corrected chi connectivity index (χ4v) is 3.93. The number of hydrogen-bond donors (Lipinski definition) is 1. The Morgan fingerprint density at radius 1 is 1.00 bits per heavy atom. The van der Waals surface area contributed by atoms with Crippen LogP contribution in [0.5, 0.6) is 5.75 Å². The molecule has 1 N–H and O–H groups in total. The van der Waals surface area contributed by atoms with E-state index in [-0.39, 0.29) is 11.8 Å². The maximum Gasteiger partial charge on any atom is 0.257 e.